The molecule has 4 rings (SSSR count). The average Bonchev–Trinajstić information content (AvgIpc) is 3.12. The first kappa shape index (κ1) is 18.4. The Labute approximate surface area is 163 Å². The number of anilines is 1. The van der Waals surface area contributed by atoms with Crippen LogP contribution in [0.1, 0.15) is 39.2 Å². The van der Waals surface area contributed by atoms with Gasteiger partial charge in [0.2, 0.25) is 5.91 Å². The summed E-state index contributed by atoms with van der Waals surface area (Å²) in [6, 6.07) is 8.03. The molecule has 1 aromatic carbocycles. The highest BCUT2D eigenvalue weighted by molar-refractivity contribution is 5.94. The summed E-state index contributed by atoms with van der Waals surface area (Å²) < 4.78 is 3.26. The lowest BCUT2D eigenvalue weighted by Gasteiger charge is -2.29. The Kier molecular flexibility index (Phi) is 4.53. The smallest absolute Gasteiger partial charge is 0.264 e. The van der Waals surface area contributed by atoms with E-state index in [1.165, 1.54) is 16.5 Å². The van der Waals surface area contributed by atoms with Crippen molar-refractivity contribution in [3.05, 3.63) is 52.7 Å². The Morgan fingerprint density at radius 3 is 2.79 bits per heavy atom. The summed E-state index contributed by atoms with van der Waals surface area (Å²) >= 11 is 0. The van der Waals surface area contributed by atoms with E-state index in [-0.39, 0.29) is 23.4 Å². The number of rotatable bonds is 3. The molecule has 0 saturated carbocycles. The predicted octanol–water partition coefficient (Wildman–Crippen LogP) is 2.72. The molecule has 0 unspecified atom stereocenters. The number of benzene rings is 1. The fourth-order valence-corrected chi connectivity index (χ4v) is 3.74. The minimum Gasteiger partial charge on any atom is -0.312 e. The zero-order chi connectivity index (χ0) is 19.9. The maximum Gasteiger partial charge on any atom is 0.264 e. The molecule has 1 aliphatic rings. The molecule has 146 valence electrons. The van der Waals surface area contributed by atoms with E-state index in [2.05, 4.69) is 16.1 Å². The van der Waals surface area contributed by atoms with Crippen LogP contribution in [0.5, 0.6) is 0 Å². The van der Waals surface area contributed by atoms with Crippen molar-refractivity contribution in [3.8, 4) is 0 Å². The molecule has 0 bridgehead atoms. The van der Waals surface area contributed by atoms with Gasteiger partial charge in [-0.1, -0.05) is 18.2 Å². The van der Waals surface area contributed by atoms with E-state index in [4.69, 9.17) is 0 Å². The van der Waals surface area contributed by atoms with Gasteiger partial charge in [0.1, 0.15) is 5.39 Å². The van der Waals surface area contributed by atoms with Gasteiger partial charge in [-0.15, -0.1) is 0 Å². The largest absolute Gasteiger partial charge is 0.312 e. The number of aryl methyl sites for hydroxylation is 2. The molecule has 0 atom stereocenters. The molecule has 2 aromatic heterocycles. The van der Waals surface area contributed by atoms with Crippen LogP contribution in [-0.4, -0.2) is 31.8 Å². The highest BCUT2D eigenvalue weighted by Gasteiger charge is 2.23. The Balaban J connectivity index is 1.54. The molecular weight excluding hydrogens is 354 g/mol. The van der Waals surface area contributed by atoms with Crippen molar-refractivity contribution in [1.82, 2.24) is 19.3 Å². The van der Waals surface area contributed by atoms with E-state index >= 15 is 0 Å². The zero-order valence-corrected chi connectivity index (χ0v) is 16.6. The van der Waals surface area contributed by atoms with Crippen LogP contribution in [0, 0.1) is 0 Å². The van der Waals surface area contributed by atoms with Gasteiger partial charge in [-0.05, 0) is 45.2 Å². The Morgan fingerprint density at radius 2 is 2.00 bits per heavy atom. The van der Waals surface area contributed by atoms with Gasteiger partial charge in [0.15, 0.2) is 5.65 Å². The standard InChI is InChI=1S/C21H25N5O2/c1-21(2,3)26-19-16(13-23-26)20(28)24(14-22-19)12-10-18(27)25-11-6-8-15-7-4-5-9-17(15)25/h4-5,7,9,13-14H,6,8,10-12H2,1-3H3. The SMILES string of the molecule is CC(C)(C)n1ncc2c(=O)n(CCC(=O)N3CCCc4ccccc43)cnc21. The number of para-hydroxylation sites is 1. The van der Waals surface area contributed by atoms with Crippen LogP contribution in [0.2, 0.25) is 0 Å². The van der Waals surface area contributed by atoms with Gasteiger partial charge in [-0.3, -0.25) is 14.2 Å². The maximum absolute atomic E-state index is 12.8. The van der Waals surface area contributed by atoms with E-state index in [1.807, 2.05) is 43.9 Å². The predicted molar refractivity (Wildman–Crippen MR) is 109 cm³/mol. The molecule has 0 radical (unpaired) electrons. The molecule has 0 aliphatic carbocycles. The van der Waals surface area contributed by atoms with Crippen molar-refractivity contribution in [2.75, 3.05) is 11.4 Å². The summed E-state index contributed by atoms with van der Waals surface area (Å²) in [6.07, 6.45) is 5.30. The summed E-state index contributed by atoms with van der Waals surface area (Å²) in [7, 11) is 0. The van der Waals surface area contributed by atoms with Crippen molar-refractivity contribution >= 4 is 22.6 Å². The number of nitrogens with zero attached hydrogens (tertiary/aromatic N) is 5. The van der Waals surface area contributed by atoms with Crippen LogP contribution < -0.4 is 10.5 Å². The van der Waals surface area contributed by atoms with Gasteiger partial charge >= 0.3 is 0 Å². The number of carbonyl (C=O) groups excluding carboxylic acids is 1. The van der Waals surface area contributed by atoms with E-state index in [0.29, 0.717) is 17.6 Å². The average molecular weight is 379 g/mol. The van der Waals surface area contributed by atoms with E-state index in [0.717, 1.165) is 25.1 Å². The van der Waals surface area contributed by atoms with E-state index in [9.17, 15) is 9.59 Å². The molecule has 0 N–H and O–H groups in total. The van der Waals surface area contributed by atoms with Crippen molar-refractivity contribution < 1.29 is 4.79 Å². The highest BCUT2D eigenvalue weighted by atomic mass is 16.2. The summed E-state index contributed by atoms with van der Waals surface area (Å²) in [5.74, 6) is 0.0320. The van der Waals surface area contributed by atoms with E-state index < -0.39 is 0 Å². The third kappa shape index (κ3) is 3.21. The monoisotopic (exact) mass is 379 g/mol. The first-order valence-electron chi connectivity index (χ1n) is 9.68. The number of hydrogen-bond acceptors (Lipinski definition) is 4. The number of aromatic nitrogens is 4. The van der Waals surface area contributed by atoms with Gasteiger partial charge in [0, 0.05) is 25.2 Å². The number of fused-ring (bicyclic) bond motifs is 2. The molecule has 3 heterocycles. The molecule has 0 saturated heterocycles. The molecule has 0 fully saturated rings. The molecule has 7 nitrogen and oxygen atoms in total. The topological polar surface area (TPSA) is 73.0 Å². The molecule has 1 aliphatic heterocycles. The van der Waals surface area contributed by atoms with Crippen LogP contribution >= 0.6 is 0 Å². The molecule has 1 amide bonds. The second-order valence-corrected chi connectivity index (χ2v) is 8.24. The quantitative estimate of drug-likeness (QED) is 0.701. The highest BCUT2D eigenvalue weighted by Crippen LogP contribution is 2.27. The van der Waals surface area contributed by atoms with Crippen LogP contribution in [0.4, 0.5) is 5.69 Å². The fraction of sp³-hybridized carbons (Fsp3) is 0.429. The van der Waals surface area contributed by atoms with Crippen LogP contribution in [0.3, 0.4) is 0 Å². The third-order valence-corrected chi connectivity index (χ3v) is 5.17. The number of carbonyl (C=O) groups is 1. The second-order valence-electron chi connectivity index (χ2n) is 8.24. The molecule has 0 spiro atoms. The lowest BCUT2D eigenvalue weighted by Crippen LogP contribution is -2.36. The summed E-state index contributed by atoms with van der Waals surface area (Å²) in [4.78, 5) is 31.9. The summed E-state index contributed by atoms with van der Waals surface area (Å²) in [5, 5.41) is 4.81. The van der Waals surface area contributed by atoms with Gasteiger partial charge in [0.05, 0.1) is 18.1 Å². The van der Waals surface area contributed by atoms with Crippen LogP contribution in [-0.2, 0) is 23.3 Å². The van der Waals surface area contributed by atoms with Crippen LogP contribution in [0.25, 0.3) is 11.0 Å². The normalized spacial score (nSPS) is 14.3. The first-order chi connectivity index (χ1) is 13.4. The zero-order valence-electron chi connectivity index (χ0n) is 16.6. The minimum absolute atomic E-state index is 0.0320. The Hall–Kier alpha value is -2.96. The first-order valence-corrected chi connectivity index (χ1v) is 9.68. The molecule has 28 heavy (non-hydrogen) atoms. The van der Waals surface area contributed by atoms with Gasteiger partial charge < -0.3 is 4.90 Å². The van der Waals surface area contributed by atoms with Gasteiger partial charge in [-0.25, -0.2) is 9.67 Å². The lowest BCUT2D eigenvalue weighted by atomic mass is 10.0. The van der Waals surface area contributed by atoms with Crippen molar-refractivity contribution in [2.24, 2.45) is 0 Å². The van der Waals surface area contributed by atoms with Crippen molar-refractivity contribution in [2.45, 2.75) is 52.1 Å². The molecular formula is C21H25N5O2. The van der Waals surface area contributed by atoms with Crippen molar-refractivity contribution in [3.63, 3.8) is 0 Å². The maximum atomic E-state index is 12.8. The van der Waals surface area contributed by atoms with Crippen LogP contribution in [0.15, 0.2) is 41.6 Å². The number of hydrogen-bond donors (Lipinski definition) is 0. The number of amides is 1. The van der Waals surface area contributed by atoms with Gasteiger partial charge in [-0.2, -0.15) is 5.10 Å². The molecule has 7 heteroatoms. The Morgan fingerprint density at radius 1 is 1.21 bits per heavy atom. The minimum atomic E-state index is -0.259. The van der Waals surface area contributed by atoms with E-state index in [1.54, 1.807) is 10.9 Å². The summed E-state index contributed by atoms with van der Waals surface area (Å²) in [6.45, 7) is 7.08. The fourth-order valence-electron chi connectivity index (χ4n) is 3.74. The second kappa shape index (κ2) is 6.89. The van der Waals surface area contributed by atoms with Crippen molar-refractivity contribution in [1.29, 1.82) is 0 Å². The third-order valence-electron chi connectivity index (χ3n) is 5.17. The molecule has 3 aromatic rings. The lowest BCUT2D eigenvalue weighted by molar-refractivity contribution is -0.118. The Bertz CT molecular complexity index is 1090. The van der Waals surface area contributed by atoms with Gasteiger partial charge in [0.25, 0.3) is 5.56 Å². The summed E-state index contributed by atoms with van der Waals surface area (Å²) in [5.41, 5.74) is 2.35.